The van der Waals surface area contributed by atoms with Crippen molar-refractivity contribution >= 4 is 5.78 Å². The molecule has 1 atom stereocenters. The Labute approximate surface area is 76.6 Å². The molecule has 0 saturated carbocycles. The van der Waals surface area contributed by atoms with Gasteiger partial charge in [0, 0.05) is 0 Å². The third-order valence-electron chi connectivity index (χ3n) is 1.89. The highest BCUT2D eigenvalue weighted by Gasteiger charge is 2.08. The van der Waals surface area contributed by atoms with Crippen molar-refractivity contribution in [2.45, 2.75) is 19.4 Å². The normalized spacial score (nSPS) is 12.5. The van der Waals surface area contributed by atoms with Crippen LogP contribution in [0.5, 0.6) is 0 Å². The summed E-state index contributed by atoms with van der Waals surface area (Å²) >= 11 is 0. The lowest BCUT2D eigenvalue weighted by molar-refractivity contribution is -0.118. The van der Waals surface area contributed by atoms with Gasteiger partial charge >= 0.3 is 0 Å². The lowest BCUT2D eigenvalue weighted by Gasteiger charge is -2.06. The topological polar surface area (TPSA) is 43.1 Å². The minimum Gasteiger partial charge on any atom is -0.321 e. The number of carbonyl (C=O) groups excluding carboxylic acids is 1. The molecule has 1 aromatic rings. The van der Waals surface area contributed by atoms with Gasteiger partial charge in [-0.2, -0.15) is 0 Å². The molecule has 1 rings (SSSR count). The van der Waals surface area contributed by atoms with Gasteiger partial charge < -0.3 is 5.73 Å². The van der Waals surface area contributed by atoms with E-state index >= 15 is 0 Å². The number of carbonyl (C=O) groups is 1. The molecule has 0 fully saturated rings. The van der Waals surface area contributed by atoms with Crippen molar-refractivity contribution in [2.24, 2.45) is 5.73 Å². The van der Waals surface area contributed by atoms with E-state index < -0.39 is 6.04 Å². The first kappa shape index (κ1) is 9.86. The Morgan fingerprint density at radius 1 is 1.46 bits per heavy atom. The van der Waals surface area contributed by atoms with Crippen LogP contribution in [0.25, 0.3) is 0 Å². The highest BCUT2D eigenvalue weighted by atomic mass is 19.1. The summed E-state index contributed by atoms with van der Waals surface area (Å²) in [7, 11) is 0. The average Bonchev–Trinajstić information content (AvgIpc) is 2.08. The Balaban J connectivity index is 2.64. The second-order valence-electron chi connectivity index (χ2n) is 3.05. The molecule has 0 amide bonds. The monoisotopic (exact) mass is 181 g/mol. The van der Waals surface area contributed by atoms with E-state index in [1.807, 2.05) is 0 Å². The van der Waals surface area contributed by atoms with E-state index in [0.717, 1.165) is 5.56 Å². The lowest BCUT2D eigenvalue weighted by Crippen LogP contribution is -2.30. The van der Waals surface area contributed by atoms with Crippen LogP contribution < -0.4 is 5.73 Å². The van der Waals surface area contributed by atoms with Crippen molar-refractivity contribution < 1.29 is 9.18 Å². The van der Waals surface area contributed by atoms with E-state index in [9.17, 15) is 9.18 Å². The van der Waals surface area contributed by atoms with E-state index in [2.05, 4.69) is 0 Å². The van der Waals surface area contributed by atoms with Crippen LogP contribution in [0, 0.1) is 5.82 Å². The molecule has 0 saturated heterocycles. The largest absolute Gasteiger partial charge is 0.321 e. The third kappa shape index (κ3) is 2.95. The molecule has 0 aliphatic rings. The molecule has 3 heteroatoms. The Kier molecular flexibility index (Phi) is 3.14. The fourth-order valence-electron chi connectivity index (χ4n) is 1.02. The fraction of sp³-hybridized carbons (Fsp3) is 0.300. The number of rotatable bonds is 3. The van der Waals surface area contributed by atoms with Crippen LogP contribution in [0.4, 0.5) is 4.39 Å². The molecule has 1 aromatic carbocycles. The highest BCUT2D eigenvalue weighted by Crippen LogP contribution is 2.05. The number of ketones is 1. The van der Waals surface area contributed by atoms with Gasteiger partial charge in [0.05, 0.1) is 6.04 Å². The fourth-order valence-corrected chi connectivity index (χ4v) is 1.02. The molecule has 0 aromatic heterocycles. The molecule has 0 spiro atoms. The SMILES string of the molecule is CC(=O)[C@H](N)Cc1ccc(F)cc1. The molecule has 2 N–H and O–H groups in total. The first-order chi connectivity index (χ1) is 6.09. The summed E-state index contributed by atoms with van der Waals surface area (Å²) in [5.74, 6) is -0.329. The summed E-state index contributed by atoms with van der Waals surface area (Å²) in [6, 6.07) is 5.52. The van der Waals surface area contributed by atoms with Crippen molar-refractivity contribution in [1.82, 2.24) is 0 Å². The van der Waals surface area contributed by atoms with E-state index in [0.29, 0.717) is 6.42 Å². The number of halogens is 1. The maximum atomic E-state index is 12.5. The van der Waals surface area contributed by atoms with Gasteiger partial charge in [-0.15, -0.1) is 0 Å². The average molecular weight is 181 g/mol. The number of benzene rings is 1. The predicted octanol–water partition coefficient (Wildman–Crippen LogP) is 1.28. The van der Waals surface area contributed by atoms with Gasteiger partial charge in [-0.3, -0.25) is 4.79 Å². The molecule has 0 radical (unpaired) electrons. The standard InChI is InChI=1S/C10H12FNO/c1-7(13)10(12)6-8-2-4-9(11)5-3-8/h2-5,10H,6,12H2,1H3/t10-/m1/s1. The van der Waals surface area contributed by atoms with Crippen molar-refractivity contribution in [2.75, 3.05) is 0 Å². The van der Waals surface area contributed by atoms with Crippen LogP contribution in [0.15, 0.2) is 24.3 Å². The van der Waals surface area contributed by atoms with E-state index in [1.165, 1.54) is 19.1 Å². The Bertz CT molecular complexity index is 294. The minimum atomic E-state index is -0.481. The molecule has 70 valence electrons. The van der Waals surface area contributed by atoms with Crippen LogP contribution >= 0.6 is 0 Å². The predicted molar refractivity (Wildman–Crippen MR) is 48.8 cm³/mol. The van der Waals surface area contributed by atoms with Crippen molar-refractivity contribution in [1.29, 1.82) is 0 Å². The summed E-state index contributed by atoms with van der Waals surface area (Å²) in [4.78, 5) is 10.8. The van der Waals surface area contributed by atoms with E-state index in [4.69, 9.17) is 5.73 Å². The van der Waals surface area contributed by atoms with Gasteiger partial charge in [0.2, 0.25) is 0 Å². The van der Waals surface area contributed by atoms with Crippen LogP contribution in [-0.4, -0.2) is 11.8 Å². The number of nitrogens with two attached hydrogens (primary N) is 1. The van der Waals surface area contributed by atoms with Crippen LogP contribution in [0.1, 0.15) is 12.5 Å². The van der Waals surface area contributed by atoms with Crippen molar-refractivity contribution in [3.05, 3.63) is 35.6 Å². The molecule has 0 heterocycles. The Morgan fingerprint density at radius 2 is 2.00 bits per heavy atom. The van der Waals surface area contributed by atoms with E-state index in [-0.39, 0.29) is 11.6 Å². The molecule has 0 unspecified atom stereocenters. The smallest absolute Gasteiger partial charge is 0.146 e. The Morgan fingerprint density at radius 3 is 2.46 bits per heavy atom. The number of hydrogen-bond donors (Lipinski definition) is 1. The second kappa shape index (κ2) is 4.14. The van der Waals surface area contributed by atoms with Gasteiger partial charge in [-0.05, 0) is 31.0 Å². The molecule has 2 nitrogen and oxygen atoms in total. The van der Waals surface area contributed by atoms with Gasteiger partial charge in [0.1, 0.15) is 11.6 Å². The molecule has 0 bridgehead atoms. The molecular weight excluding hydrogens is 169 g/mol. The van der Waals surface area contributed by atoms with Crippen molar-refractivity contribution in [3.8, 4) is 0 Å². The molecule has 0 aliphatic carbocycles. The van der Waals surface area contributed by atoms with Crippen LogP contribution in [-0.2, 0) is 11.2 Å². The summed E-state index contributed by atoms with van der Waals surface area (Å²) in [6.45, 7) is 1.45. The van der Waals surface area contributed by atoms with Crippen LogP contribution in [0.2, 0.25) is 0 Å². The molecule has 13 heavy (non-hydrogen) atoms. The summed E-state index contributed by atoms with van der Waals surface area (Å²) in [6.07, 6.45) is 0.468. The first-order valence-corrected chi connectivity index (χ1v) is 4.10. The van der Waals surface area contributed by atoms with Gasteiger partial charge in [-0.1, -0.05) is 12.1 Å². The lowest BCUT2D eigenvalue weighted by atomic mass is 10.0. The van der Waals surface area contributed by atoms with Gasteiger partial charge in [0.15, 0.2) is 0 Å². The summed E-state index contributed by atoms with van der Waals surface area (Å²) < 4.78 is 12.5. The maximum absolute atomic E-state index is 12.5. The van der Waals surface area contributed by atoms with Crippen molar-refractivity contribution in [3.63, 3.8) is 0 Å². The minimum absolute atomic E-state index is 0.0516. The zero-order valence-corrected chi connectivity index (χ0v) is 7.46. The highest BCUT2D eigenvalue weighted by molar-refractivity contribution is 5.81. The van der Waals surface area contributed by atoms with Crippen LogP contribution in [0.3, 0.4) is 0 Å². The third-order valence-corrected chi connectivity index (χ3v) is 1.89. The van der Waals surface area contributed by atoms with Gasteiger partial charge in [0.25, 0.3) is 0 Å². The van der Waals surface area contributed by atoms with Gasteiger partial charge in [-0.25, -0.2) is 4.39 Å². The number of hydrogen-bond acceptors (Lipinski definition) is 2. The Hall–Kier alpha value is -1.22. The first-order valence-electron chi connectivity index (χ1n) is 4.10. The zero-order valence-electron chi connectivity index (χ0n) is 7.46. The molecule has 0 aliphatic heterocycles. The second-order valence-corrected chi connectivity index (χ2v) is 3.05. The number of Topliss-reactive ketones (excluding diaryl/α,β-unsaturated/α-hetero) is 1. The molecular formula is C10H12FNO. The maximum Gasteiger partial charge on any atom is 0.146 e. The summed E-state index contributed by atoms with van der Waals surface area (Å²) in [5, 5.41) is 0. The zero-order chi connectivity index (χ0) is 9.84. The van der Waals surface area contributed by atoms with E-state index in [1.54, 1.807) is 12.1 Å². The quantitative estimate of drug-likeness (QED) is 0.763. The summed E-state index contributed by atoms with van der Waals surface area (Å²) in [5.41, 5.74) is 6.42.